The lowest BCUT2D eigenvalue weighted by Gasteiger charge is -2.30. The molecular weight excluding hydrogens is 388 g/mol. The van der Waals surface area contributed by atoms with E-state index in [1.54, 1.807) is 55.5 Å². The first-order chi connectivity index (χ1) is 12.6. The van der Waals surface area contributed by atoms with Crippen molar-refractivity contribution in [1.82, 2.24) is 0 Å². The van der Waals surface area contributed by atoms with E-state index in [2.05, 4.69) is 5.32 Å². The van der Waals surface area contributed by atoms with Gasteiger partial charge in [0.15, 0.2) is 5.78 Å². The van der Waals surface area contributed by atoms with Crippen LogP contribution in [-0.2, 0) is 14.8 Å². The first kappa shape index (κ1) is 20.9. The maximum atomic E-state index is 12.8. The molecule has 6 nitrogen and oxygen atoms in total. The van der Waals surface area contributed by atoms with Gasteiger partial charge in [-0.1, -0.05) is 30.7 Å². The van der Waals surface area contributed by atoms with Gasteiger partial charge in [-0.25, -0.2) is 8.42 Å². The largest absolute Gasteiger partial charge is 0.324 e. The van der Waals surface area contributed by atoms with Crippen LogP contribution >= 0.6 is 11.6 Å². The van der Waals surface area contributed by atoms with E-state index in [4.69, 9.17) is 11.6 Å². The number of ketones is 1. The van der Waals surface area contributed by atoms with E-state index in [-0.39, 0.29) is 12.2 Å². The molecule has 0 radical (unpaired) electrons. The predicted octanol–water partition coefficient (Wildman–Crippen LogP) is 3.73. The Labute approximate surface area is 164 Å². The van der Waals surface area contributed by atoms with Gasteiger partial charge in [0.1, 0.15) is 6.04 Å². The van der Waals surface area contributed by atoms with Crippen LogP contribution in [0.15, 0.2) is 48.5 Å². The number of nitrogens with zero attached hydrogens (tertiary/aromatic N) is 1. The third-order valence-corrected chi connectivity index (χ3v) is 5.38. The van der Waals surface area contributed by atoms with Gasteiger partial charge in [0.25, 0.3) is 0 Å². The van der Waals surface area contributed by atoms with Crippen LogP contribution < -0.4 is 9.62 Å². The van der Waals surface area contributed by atoms with E-state index >= 15 is 0 Å². The van der Waals surface area contributed by atoms with Crippen LogP contribution in [0.4, 0.5) is 11.4 Å². The number of Topliss-reactive ketones (excluding diaryl/α,β-unsaturated/α-hetero) is 1. The molecule has 0 spiro atoms. The van der Waals surface area contributed by atoms with Crippen molar-refractivity contribution in [3.63, 3.8) is 0 Å². The average molecular weight is 409 g/mol. The highest BCUT2D eigenvalue weighted by Gasteiger charge is 2.31. The molecule has 27 heavy (non-hydrogen) atoms. The minimum absolute atomic E-state index is 0.128. The van der Waals surface area contributed by atoms with Crippen molar-refractivity contribution >= 4 is 44.7 Å². The fourth-order valence-corrected chi connectivity index (χ4v) is 4.03. The molecule has 0 aliphatic rings. The molecule has 0 aliphatic carbocycles. The number of hydrogen-bond acceptors (Lipinski definition) is 4. The molecule has 0 heterocycles. The van der Waals surface area contributed by atoms with Crippen LogP contribution in [0.25, 0.3) is 0 Å². The Morgan fingerprint density at radius 2 is 1.78 bits per heavy atom. The number of carbonyl (C=O) groups is 2. The van der Waals surface area contributed by atoms with Crippen molar-refractivity contribution in [1.29, 1.82) is 0 Å². The summed E-state index contributed by atoms with van der Waals surface area (Å²) in [6.07, 6.45) is 1.31. The summed E-state index contributed by atoms with van der Waals surface area (Å²) in [6.45, 7) is 3.16. The number of sulfonamides is 1. The molecule has 8 heteroatoms. The molecule has 2 aromatic rings. The van der Waals surface area contributed by atoms with Gasteiger partial charge in [0.05, 0.1) is 11.9 Å². The highest BCUT2D eigenvalue weighted by Crippen LogP contribution is 2.25. The summed E-state index contributed by atoms with van der Waals surface area (Å²) in [7, 11) is -3.73. The van der Waals surface area contributed by atoms with Crippen molar-refractivity contribution in [3.8, 4) is 0 Å². The first-order valence-electron chi connectivity index (χ1n) is 8.30. The highest BCUT2D eigenvalue weighted by molar-refractivity contribution is 7.92. The van der Waals surface area contributed by atoms with Crippen LogP contribution in [0.3, 0.4) is 0 Å². The number of halogens is 1. The van der Waals surface area contributed by atoms with Gasteiger partial charge in [-0.3, -0.25) is 13.9 Å². The Morgan fingerprint density at radius 3 is 2.30 bits per heavy atom. The monoisotopic (exact) mass is 408 g/mol. The predicted molar refractivity (Wildman–Crippen MR) is 108 cm³/mol. The molecule has 1 N–H and O–H groups in total. The zero-order valence-electron chi connectivity index (χ0n) is 15.3. The van der Waals surface area contributed by atoms with Crippen LogP contribution in [0.5, 0.6) is 0 Å². The van der Waals surface area contributed by atoms with Gasteiger partial charge >= 0.3 is 0 Å². The molecule has 0 saturated heterocycles. The van der Waals surface area contributed by atoms with Gasteiger partial charge in [0.2, 0.25) is 15.9 Å². The number of rotatable bonds is 7. The third kappa shape index (κ3) is 5.30. The number of carbonyl (C=O) groups excluding carboxylic acids is 2. The Bertz CT molecular complexity index is 942. The van der Waals surface area contributed by atoms with E-state index in [0.717, 1.165) is 10.6 Å². The summed E-state index contributed by atoms with van der Waals surface area (Å²) in [5, 5.41) is 3.16. The quantitative estimate of drug-likeness (QED) is 0.707. The SMILES string of the molecule is CCC(C(=O)Nc1cccc(C(C)=O)c1)N(c1ccc(Cl)cc1)S(C)(=O)=O. The van der Waals surface area contributed by atoms with Crippen molar-refractivity contribution in [2.45, 2.75) is 26.3 Å². The lowest BCUT2D eigenvalue weighted by molar-refractivity contribution is -0.117. The molecule has 1 unspecified atom stereocenters. The number of benzene rings is 2. The van der Waals surface area contributed by atoms with E-state index < -0.39 is 22.0 Å². The van der Waals surface area contributed by atoms with Crippen LogP contribution in [0.2, 0.25) is 5.02 Å². The van der Waals surface area contributed by atoms with Crippen molar-refractivity contribution < 1.29 is 18.0 Å². The second-order valence-corrected chi connectivity index (χ2v) is 8.38. The summed E-state index contributed by atoms with van der Waals surface area (Å²) in [6, 6.07) is 11.8. The Balaban J connectivity index is 2.36. The standard InChI is InChI=1S/C19H21ClN2O4S/c1-4-18(19(24)21-16-7-5-6-14(12-16)13(2)23)22(27(3,25)26)17-10-8-15(20)9-11-17/h5-12,18H,4H2,1-3H3,(H,21,24). The molecule has 1 atom stereocenters. The Morgan fingerprint density at radius 1 is 1.15 bits per heavy atom. The molecule has 1 amide bonds. The highest BCUT2D eigenvalue weighted by atomic mass is 35.5. The topological polar surface area (TPSA) is 83.6 Å². The smallest absolute Gasteiger partial charge is 0.248 e. The first-order valence-corrected chi connectivity index (χ1v) is 10.5. The molecule has 2 rings (SSSR count). The number of anilines is 2. The van der Waals surface area contributed by atoms with Crippen LogP contribution in [0.1, 0.15) is 30.6 Å². The minimum Gasteiger partial charge on any atom is -0.324 e. The third-order valence-electron chi connectivity index (χ3n) is 3.95. The van der Waals surface area contributed by atoms with Gasteiger partial charge in [0, 0.05) is 16.3 Å². The number of hydrogen-bond donors (Lipinski definition) is 1. The van der Waals surface area contributed by atoms with Crippen LogP contribution in [-0.4, -0.2) is 32.4 Å². The molecule has 0 aromatic heterocycles. The van der Waals surface area contributed by atoms with Crippen molar-refractivity contribution in [2.75, 3.05) is 15.9 Å². The molecule has 0 fully saturated rings. The maximum absolute atomic E-state index is 12.8. The molecule has 0 saturated carbocycles. The van der Waals surface area contributed by atoms with Crippen molar-refractivity contribution in [3.05, 3.63) is 59.1 Å². The zero-order chi connectivity index (χ0) is 20.2. The van der Waals surface area contributed by atoms with Crippen molar-refractivity contribution in [2.24, 2.45) is 0 Å². The molecule has 144 valence electrons. The summed E-state index contributed by atoms with van der Waals surface area (Å²) < 4.78 is 25.8. The Kier molecular flexibility index (Phi) is 6.62. The summed E-state index contributed by atoms with van der Waals surface area (Å²) in [5.74, 6) is -0.615. The van der Waals surface area contributed by atoms with Crippen LogP contribution in [0, 0.1) is 0 Å². The van der Waals surface area contributed by atoms with Gasteiger partial charge in [-0.05, 0) is 49.7 Å². The second kappa shape index (κ2) is 8.54. The lowest BCUT2D eigenvalue weighted by Crippen LogP contribution is -2.47. The molecule has 0 aliphatic heterocycles. The number of amides is 1. The molecule has 0 bridgehead atoms. The van der Waals surface area contributed by atoms with E-state index in [0.29, 0.717) is 22.0 Å². The van der Waals surface area contributed by atoms with E-state index in [1.165, 1.54) is 6.92 Å². The number of nitrogens with one attached hydrogen (secondary N) is 1. The fourth-order valence-electron chi connectivity index (χ4n) is 2.69. The summed E-state index contributed by atoms with van der Waals surface area (Å²) >= 11 is 5.88. The maximum Gasteiger partial charge on any atom is 0.248 e. The zero-order valence-corrected chi connectivity index (χ0v) is 16.8. The lowest BCUT2D eigenvalue weighted by atomic mass is 10.1. The molecule has 2 aromatic carbocycles. The Hall–Kier alpha value is -2.38. The van der Waals surface area contributed by atoms with Gasteiger partial charge in [-0.2, -0.15) is 0 Å². The van der Waals surface area contributed by atoms with Gasteiger partial charge in [-0.15, -0.1) is 0 Å². The minimum atomic E-state index is -3.73. The summed E-state index contributed by atoms with van der Waals surface area (Å²) in [5.41, 5.74) is 1.23. The van der Waals surface area contributed by atoms with Gasteiger partial charge < -0.3 is 5.32 Å². The summed E-state index contributed by atoms with van der Waals surface area (Å²) in [4.78, 5) is 24.3. The molecular formula is C19H21ClN2O4S. The fraction of sp³-hybridized carbons (Fsp3) is 0.263. The second-order valence-electron chi connectivity index (χ2n) is 6.09. The average Bonchev–Trinajstić information content (AvgIpc) is 2.59. The van der Waals surface area contributed by atoms with E-state index in [1.807, 2.05) is 0 Å². The normalized spacial score (nSPS) is 12.3. The van der Waals surface area contributed by atoms with E-state index in [9.17, 15) is 18.0 Å².